The minimum absolute atomic E-state index is 0.0435. The van der Waals surface area contributed by atoms with Gasteiger partial charge in [0.05, 0.1) is 5.56 Å². The Kier molecular flexibility index (Phi) is 4.68. The van der Waals surface area contributed by atoms with E-state index in [2.05, 4.69) is 12.2 Å². The highest BCUT2D eigenvalue weighted by atomic mass is 32.1. The van der Waals surface area contributed by atoms with Gasteiger partial charge in [-0.2, -0.15) is 0 Å². The number of halogens is 1. The van der Waals surface area contributed by atoms with E-state index >= 15 is 0 Å². The fraction of sp³-hybridized carbons (Fsp3) is 0.267. The summed E-state index contributed by atoms with van der Waals surface area (Å²) in [5.41, 5.74) is 1.74. The second-order valence-corrected chi connectivity index (χ2v) is 5.28. The molecule has 0 atom stereocenters. The molecule has 1 aromatic carbocycles. The van der Waals surface area contributed by atoms with Gasteiger partial charge >= 0.3 is 0 Å². The van der Waals surface area contributed by atoms with Gasteiger partial charge < -0.3 is 5.32 Å². The Morgan fingerprint density at radius 2 is 2.05 bits per heavy atom. The predicted octanol–water partition coefficient (Wildman–Crippen LogP) is 3.42. The number of nitrogens with one attached hydrogen (secondary N) is 1. The maximum Gasteiger partial charge on any atom is 0.252 e. The van der Waals surface area contributed by atoms with E-state index in [0.717, 1.165) is 17.5 Å². The largest absolute Gasteiger partial charge is 0.352 e. The molecule has 1 N–H and O–H groups in total. The highest BCUT2D eigenvalue weighted by Crippen LogP contribution is 2.14. The van der Waals surface area contributed by atoms with Gasteiger partial charge in [-0.1, -0.05) is 19.1 Å². The molecule has 2 aromatic rings. The van der Waals surface area contributed by atoms with E-state index in [-0.39, 0.29) is 11.7 Å². The van der Waals surface area contributed by atoms with E-state index in [0.29, 0.717) is 13.0 Å². The fourth-order valence-electron chi connectivity index (χ4n) is 1.76. The van der Waals surface area contributed by atoms with Gasteiger partial charge in [0, 0.05) is 16.8 Å². The van der Waals surface area contributed by atoms with Crippen molar-refractivity contribution in [3.05, 3.63) is 57.5 Å². The summed E-state index contributed by atoms with van der Waals surface area (Å²) in [6.45, 7) is 2.63. The van der Waals surface area contributed by atoms with Crippen LogP contribution in [-0.4, -0.2) is 12.5 Å². The molecule has 0 aliphatic heterocycles. The second kappa shape index (κ2) is 6.48. The molecule has 2 rings (SSSR count). The highest BCUT2D eigenvalue weighted by Gasteiger charge is 2.07. The quantitative estimate of drug-likeness (QED) is 0.891. The SMILES string of the molecule is CCc1cc(C(=O)NCCc2ccc(F)cc2)cs1. The zero-order chi connectivity index (χ0) is 13.7. The number of carbonyl (C=O) groups excluding carboxylic acids is 1. The number of hydrogen-bond acceptors (Lipinski definition) is 2. The predicted molar refractivity (Wildman–Crippen MR) is 76.1 cm³/mol. The molecule has 0 saturated carbocycles. The molecule has 1 heterocycles. The van der Waals surface area contributed by atoms with Crippen LogP contribution in [0, 0.1) is 5.82 Å². The lowest BCUT2D eigenvalue weighted by Crippen LogP contribution is -2.25. The molecule has 0 aliphatic rings. The Morgan fingerprint density at radius 1 is 1.32 bits per heavy atom. The van der Waals surface area contributed by atoms with Crippen molar-refractivity contribution in [1.29, 1.82) is 0 Å². The summed E-state index contributed by atoms with van der Waals surface area (Å²) in [5, 5.41) is 4.75. The van der Waals surface area contributed by atoms with E-state index in [9.17, 15) is 9.18 Å². The van der Waals surface area contributed by atoms with Crippen LogP contribution in [0.5, 0.6) is 0 Å². The lowest BCUT2D eigenvalue weighted by atomic mass is 10.1. The topological polar surface area (TPSA) is 29.1 Å². The summed E-state index contributed by atoms with van der Waals surface area (Å²) >= 11 is 1.61. The van der Waals surface area contributed by atoms with Gasteiger partial charge in [-0.05, 0) is 36.6 Å². The summed E-state index contributed by atoms with van der Waals surface area (Å²) in [6, 6.07) is 8.27. The molecule has 0 saturated heterocycles. The Balaban J connectivity index is 1.82. The number of aryl methyl sites for hydroxylation is 1. The van der Waals surface area contributed by atoms with Crippen LogP contribution < -0.4 is 5.32 Å². The van der Waals surface area contributed by atoms with E-state index in [1.807, 2.05) is 11.4 Å². The fourth-order valence-corrected chi connectivity index (χ4v) is 2.57. The molecular weight excluding hydrogens is 261 g/mol. The maximum absolute atomic E-state index is 12.7. The number of amides is 1. The van der Waals surface area contributed by atoms with Crippen molar-refractivity contribution in [3.8, 4) is 0 Å². The van der Waals surface area contributed by atoms with Gasteiger partial charge in [0.25, 0.3) is 5.91 Å². The molecule has 100 valence electrons. The van der Waals surface area contributed by atoms with Crippen molar-refractivity contribution in [1.82, 2.24) is 5.32 Å². The summed E-state index contributed by atoms with van der Waals surface area (Å²) in [6.07, 6.45) is 1.66. The minimum Gasteiger partial charge on any atom is -0.352 e. The first-order valence-electron chi connectivity index (χ1n) is 6.29. The van der Waals surface area contributed by atoms with Crippen molar-refractivity contribution in [3.63, 3.8) is 0 Å². The van der Waals surface area contributed by atoms with Crippen LogP contribution in [0.4, 0.5) is 4.39 Å². The molecule has 1 amide bonds. The first-order chi connectivity index (χ1) is 9.19. The van der Waals surface area contributed by atoms with E-state index in [1.54, 1.807) is 23.5 Å². The summed E-state index contributed by atoms with van der Waals surface area (Å²) in [7, 11) is 0. The van der Waals surface area contributed by atoms with Crippen LogP contribution >= 0.6 is 11.3 Å². The average Bonchev–Trinajstić information content (AvgIpc) is 2.90. The Bertz CT molecular complexity index is 548. The molecule has 19 heavy (non-hydrogen) atoms. The first kappa shape index (κ1) is 13.7. The number of benzene rings is 1. The Labute approximate surface area is 116 Å². The molecular formula is C15H16FNOS. The summed E-state index contributed by atoms with van der Waals surface area (Å²) in [4.78, 5) is 13.1. The van der Waals surface area contributed by atoms with Gasteiger partial charge in [0.1, 0.15) is 5.82 Å². The number of thiophene rings is 1. The maximum atomic E-state index is 12.7. The lowest BCUT2D eigenvalue weighted by molar-refractivity contribution is 0.0954. The standard InChI is InChI=1S/C15H16FNOS/c1-2-14-9-12(10-19-14)15(18)17-8-7-11-3-5-13(16)6-4-11/h3-6,9-10H,2,7-8H2,1H3,(H,17,18). The van der Waals surface area contributed by atoms with Gasteiger partial charge in [-0.15, -0.1) is 11.3 Å². The highest BCUT2D eigenvalue weighted by molar-refractivity contribution is 7.10. The van der Waals surface area contributed by atoms with Crippen molar-refractivity contribution in [2.45, 2.75) is 19.8 Å². The van der Waals surface area contributed by atoms with Crippen molar-refractivity contribution in [2.24, 2.45) is 0 Å². The minimum atomic E-state index is -0.238. The van der Waals surface area contributed by atoms with Crippen LogP contribution in [0.1, 0.15) is 27.7 Å². The van der Waals surface area contributed by atoms with Crippen LogP contribution in [-0.2, 0) is 12.8 Å². The van der Waals surface area contributed by atoms with Crippen molar-refractivity contribution < 1.29 is 9.18 Å². The molecule has 2 nitrogen and oxygen atoms in total. The van der Waals surface area contributed by atoms with Gasteiger partial charge in [0.15, 0.2) is 0 Å². The molecule has 0 bridgehead atoms. The van der Waals surface area contributed by atoms with Crippen molar-refractivity contribution >= 4 is 17.2 Å². The number of carbonyl (C=O) groups is 1. The molecule has 0 unspecified atom stereocenters. The molecule has 4 heteroatoms. The van der Waals surface area contributed by atoms with E-state index in [4.69, 9.17) is 0 Å². The molecule has 1 aromatic heterocycles. The zero-order valence-electron chi connectivity index (χ0n) is 10.8. The third-order valence-corrected chi connectivity index (χ3v) is 3.96. The number of hydrogen-bond donors (Lipinski definition) is 1. The molecule has 0 fully saturated rings. The third kappa shape index (κ3) is 3.89. The third-order valence-electron chi connectivity index (χ3n) is 2.88. The summed E-state index contributed by atoms with van der Waals surface area (Å²) in [5.74, 6) is -0.281. The second-order valence-electron chi connectivity index (χ2n) is 4.29. The number of rotatable bonds is 5. The molecule has 0 radical (unpaired) electrons. The van der Waals surface area contributed by atoms with Gasteiger partial charge in [-0.3, -0.25) is 4.79 Å². The smallest absolute Gasteiger partial charge is 0.252 e. The van der Waals surface area contributed by atoms with Crippen LogP contribution in [0.15, 0.2) is 35.7 Å². The molecule has 0 spiro atoms. The van der Waals surface area contributed by atoms with Gasteiger partial charge in [0.2, 0.25) is 0 Å². The van der Waals surface area contributed by atoms with Crippen molar-refractivity contribution in [2.75, 3.05) is 6.54 Å². The lowest BCUT2D eigenvalue weighted by Gasteiger charge is -2.04. The van der Waals surface area contributed by atoms with Gasteiger partial charge in [-0.25, -0.2) is 4.39 Å². The average molecular weight is 277 g/mol. The normalized spacial score (nSPS) is 10.4. The van der Waals surface area contributed by atoms with E-state index < -0.39 is 0 Å². The van der Waals surface area contributed by atoms with Crippen LogP contribution in [0.3, 0.4) is 0 Å². The monoisotopic (exact) mass is 277 g/mol. The Morgan fingerprint density at radius 3 is 2.68 bits per heavy atom. The summed E-state index contributed by atoms with van der Waals surface area (Å²) < 4.78 is 12.7. The first-order valence-corrected chi connectivity index (χ1v) is 7.17. The molecule has 0 aliphatic carbocycles. The Hall–Kier alpha value is -1.68. The van der Waals surface area contributed by atoms with E-state index in [1.165, 1.54) is 17.0 Å². The van der Waals surface area contributed by atoms with Crippen LogP contribution in [0.25, 0.3) is 0 Å². The van der Waals surface area contributed by atoms with Crippen LogP contribution in [0.2, 0.25) is 0 Å². The zero-order valence-corrected chi connectivity index (χ0v) is 11.6.